The van der Waals surface area contributed by atoms with Crippen molar-refractivity contribution in [2.75, 3.05) is 7.11 Å². The Morgan fingerprint density at radius 3 is 2.74 bits per heavy atom. The van der Waals surface area contributed by atoms with Gasteiger partial charge in [-0.25, -0.2) is 4.98 Å². The minimum absolute atomic E-state index is 0.196. The predicted octanol–water partition coefficient (Wildman–Crippen LogP) is 2.59. The van der Waals surface area contributed by atoms with Crippen LogP contribution in [0.25, 0.3) is 11.3 Å². The maximum atomic E-state index is 11.8. The third-order valence-corrected chi connectivity index (χ3v) is 3.79. The summed E-state index contributed by atoms with van der Waals surface area (Å²) in [5.74, 6) is 0.524. The molecule has 3 rings (SSSR count). The highest BCUT2D eigenvalue weighted by Gasteiger charge is 2.55. The van der Waals surface area contributed by atoms with E-state index in [1.165, 1.54) is 12.7 Å². The monoisotopic (exact) mass is 256 g/mol. The molecule has 1 aromatic heterocycles. The van der Waals surface area contributed by atoms with Crippen LogP contribution < -0.4 is 0 Å². The van der Waals surface area contributed by atoms with Crippen LogP contribution in [0.4, 0.5) is 0 Å². The second-order valence-electron chi connectivity index (χ2n) is 5.03. The first-order valence-electron chi connectivity index (χ1n) is 6.37. The number of nitrogens with zero attached hydrogens (tertiary/aromatic N) is 1. The van der Waals surface area contributed by atoms with Gasteiger partial charge >= 0.3 is 5.97 Å². The molecular formula is C15H16N2O2. The summed E-state index contributed by atoms with van der Waals surface area (Å²) < 4.78 is 4.87. The summed E-state index contributed by atoms with van der Waals surface area (Å²) in [6.07, 6.45) is 3.40. The molecule has 1 saturated carbocycles. The summed E-state index contributed by atoms with van der Waals surface area (Å²) in [5.41, 5.74) is 2.71. The van der Waals surface area contributed by atoms with Crippen LogP contribution in [0.5, 0.6) is 0 Å². The molecule has 2 aromatic rings. The SMILES string of the molecule is COC(=O)C1(c2ncc(-c3ccccc3C)[nH]2)CC1. The van der Waals surface area contributed by atoms with Gasteiger partial charge in [-0.3, -0.25) is 4.79 Å². The number of imidazole rings is 1. The summed E-state index contributed by atoms with van der Waals surface area (Å²) in [6, 6.07) is 8.11. The van der Waals surface area contributed by atoms with E-state index in [4.69, 9.17) is 4.74 Å². The number of H-pyrrole nitrogens is 1. The topological polar surface area (TPSA) is 55.0 Å². The normalized spacial score (nSPS) is 16.1. The largest absolute Gasteiger partial charge is 0.468 e. The maximum Gasteiger partial charge on any atom is 0.319 e. The summed E-state index contributed by atoms with van der Waals surface area (Å²) in [6.45, 7) is 2.06. The van der Waals surface area contributed by atoms with Gasteiger partial charge in [-0.05, 0) is 25.3 Å². The van der Waals surface area contributed by atoms with Crippen LogP contribution >= 0.6 is 0 Å². The zero-order chi connectivity index (χ0) is 13.5. The standard InChI is InChI=1S/C15H16N2O2/c1-10-5-3-4-6-11(10)12-9-16-13(17-12)15(7-8-15)14(18)19-2/h3-6,9H,7-8H2,1-2H3,(H,16,17). The van der Waals surface area contributed by atoms with Crippen molar-refractivity contribution in [3.05, 3.63) is 41.9 Å². The number of nitrogens with one attached hydrogen (secondary N) is 1. The number of aromatic nitrogens is 2. The molecule has 0 aliphatic heterocycles. The van der Waals surface area contributed by atoms with E-state index in [-0.39, 0.29) is 5.97 Å². The van der Waals surface area contributed by atoms with E-state index in [2.05, 4.69) is 23.0 Å². The molecule has 0 atom stereocenters. The van der Waals surface area contributed by atoms with Crippen molar-refractivity contribution in [2.24, 2.45) is 0 Å². The Kier molecular flexibility index (Phi) is 2.66. The number of ether oxygens (including phenoxy) is 1. The van der Waals surface area contributed by atoms with E-state index < -0.39 is 5.41 Å². The fraction of sp³-hybridized carbons (Fsp3) is 0.333. The third-order valence-electron chi connectivity index (χ3n) is 3.79. The second-order valence-corrected chi connectivity index (χ2v) is 5.03. The van der Waals surface area contributed by atoms with Crippen molar-refractivity contribution < 1.29 is 9.53 Å². The van der Waals surface area contributed by atoms with Gasteiger partial charge < -0.3 is 9.72 Å². The van der Waals surface area contributed by atoms with Crippen LogP contribution in [0.3, 0.4) is 0 Å². The van der Waals surface area contributed by atoms with E-state index in [0.717, 1.165) is 29.9 Å². The Labute approximate surface area is 111 Å². The molecule has 4 nitrogen and oxygen atoms in total. The molecule has 1 heterocycles. The van der Waals surface area contributed by atoms with Crippen molar-refractivity contribution >= 4 is 5.97 Å². The van der Waals surface area contributed by atoms with Crippen LogP contribution in [0.15, 0.2) is 30.5 Å². The van der Waals surface area contributed by atoms with E-state index >= 15 is 0 Å². The van der Waals surface area contributed by atoms with Crippen molar-refractivity contribution in [3.8, 4) is 11.3 Å². The van der Waals surface area contributed by atoms with Crippen LogP contribution in [-0.4, -0.2) is 23.0 Å². The molecule has 0 unspecified atom stereocenters. The first-order valence-corrected chi connectivity index (χ1v) is 6.37. The molecule has 0 spiro atoms. The van der Waals surface area contributed by atoms with Gasteiger partial charge in [0.2, 0.25) is 0 Å². The van der Waals surface area contributed by atoms with Crippen molar-refractivity contribution in [1.29, 1.82) is 0 Å². The summed E-state index contributed by atoms with van der Waals surface area (Å²) >= 11 is 0. The Bertz CT molecular complexity index is 627. The smallest absolute Gasteiger partial charge is 0.319 e. The highest BCUT2D eigenvalue weighted by Crippen LogP contribution is 2.48. The maximum absolute atomic E-state index is 11.8. The molecule has 98 valence electrons. The molecule has 1 fully saturated rings. The number of hydrogen-bond acceptors (Lipinski definition) is 3. The molecule has 1 aromatic carbocycles. The van der Waals surface area contributed by atoms with Crippen LogP contribution in [0.1, 0.15) is 24.2 Å². The fourth-order valence-corrected chi connectivity index (χ4v) is 2.43. The number of hydrogen-bond donors (Lipinski definition) is 1. The predicted molar refractivity (Wildman–Crippen MR) is 71.7 cm³/mol. The van der Waals surface area contributed by atoms with Gasteiger partial charge in [0, 0.05) is 5.56 Å². The molecule has 0 saturated heterocycles. The lowest BCUT2D eigenvalue weighted by Crippen LogP contribution is -2.23. The fourth-order valence-electron chi connectivity index (χ4n) is 2.43. The molecular weight excluding hydrogens is 240 g/mol. The van der Waals surface area contributed by atoms with Gasteiger partial charge in [0.15, 0.2) is 0 Å². The number of carbonyl (C=O) groups excluding carboxylic acids is 1. The molecule has 1 aliphatic rings. The average Bonchev–Trinajstić information content (AvgIpc) is 3.10. The van der Waals surface area contributed by atoms with Gasteiger partial charge in [0.1, 0.15) is 11.2 Å². The van der Waals surface area contributed by atoms with Crippen molar-refractivity contribution in [1.82, 2.24) is 9.97 Å². The van der Waals surface area contributed by atoms with Crippen LogP contribution in [0.2, 0.25) is 0 Å². The first-order chi connectivity index (χ1) is 9.17. The third kappa shape index (κ3) is 1.84. The average molecular weight is 256 g/mol. The number of esters is 1. The lowest BCUT2D eigenvalue weighted by Gasteiger charge is -2.09. The Morgan fingerprint density at radius 1 is 1.37 bits per heavy atom. The Morgan fingerprint density at radius 2 is 2.11 bits per heavy atom. The minimum atomic E-state index is -0.532. The van der Waals surface area contributed by atoms with Gasteiger partial charge in [0.05, 0.1) is 19.0 Å². The molecule has 0 radical (unpaired) electrons. The molecule has 0 amide bonds. The summed E-state index contributed by atoms with van der Waals surface area (Å²) in [4.78, 5) is 19.5. The zero-order valence-corrected chi connectivity index (χ0v) is 11.1. The van der Waals surface area contributed by atoms with E-state index in [1.54, 1.807) is 6.20 Å². The highest BCUT2D eigenvalue weighted by atomic mass is 16.5. The molecule has 1 aliphatic carbocycles. The number of aryl methyl sites for hydroxylation is 1. The lowest BCUT2D eigenvalue weighted by atomic mass is 10.1. The number of benzene rings is 1. The lowest BCUT2D eigenvalue weighted by molar-refractivity contribution is -0.143. The highest BCUT2D eigenvalue weighted by molar-refractivity contribution is 5.85. The van der Waals surface area contributed by atoms with Crippen molar-refractivity contribution in [3.63, 3.8) is 0 Å². The van der Waals surface area contributed by atoms with Crippen LogP contribution in [-0.2, 0) is 14.9 Å². The number of methoxy groups -OCH3 is 1. The van der Waals surface area contributed by atoms with Gasteiger partial charge in [-0.1, -0.05) is 24.3 Å². The van der Waals surface area contributed by atoms with Gasteiger partial charge in [-0.15, -0.1) is 0 Å². The van der Waals surface area contributed by atoms with Crippen molar-refractivity contribution in [2.45, 2.75) is 25.2 Å². The van der Waals surface area contributed by atoms with E-state index in [0.29, 0.717) is 0 Å². The minimum Gasteiger partial charge on any atom is -0.468 e. The number of aromatic amines is 1. The second kappa shape index (κ2) is 4.23. The molecule has 0 bridgehead atoms. The van der Waals surface area contributed by atoms with Gasteiger partial charge in [-0.2, -0.15) is 0 Å². The van der Waals surface area contributed by atoms with Crippen LogP contribution in [0, 0.1) is 6.92 Å². The molecule has 4 heteroatoms. The first kappa shape index (κ1) is 12.0. The Balaban J connectivity index is 1.97. The quantitative estimate of drug-likeness (QED) is 0.859. The Hall–Kier alpha value is -2.10. The molecule has 1 N–H and O–H groups in total. The zero-order valence-electron chi connectivity index (χ0n) is 11.1. The number of carbonyl (C=O) groups is 1. The number of rotatable bonds is 3. The summed E-state index contributed by atoms with van der Waals surface area (Å²) in [7, 11) is 1.42. The van der Waals surface area contributed by atoms with Gasteiger partial charge in [0.25, 0.3) is 0 Å². The van der Waals surface area contributed by atoms with E-state index in [9.17, 15) is 4.79 Å². The molecule has 19 heavy (non-hydrogen) atoms. The summed E-state index contributed by atoms with van der Waals surface area (Å²) in [5, 5.41) is 0. The van der Waals surface area contributed by atoms with E-state index in [1.807, 2.05) is 18.2 Å².